The molecule has 18 heavy (non-hydrogen) atoms. The Morgan fingerprint density at radius 3 is 1.83 bits per heavy atom. The highest BCUT2D eigenvalue weighted by molar-refractivity contribution is 7.85. The summed E-state index contributed by atoms with van der Waals surface area (Å²) in [6.07, 6.45) is -2.10. The van der Waals surface area contributed by atoms with Crippen LogP contribution in [-0.4, -0.2) is 41.2 Å². The first-order valence-electron chi connectivity index (χ1n) is 4.41. The van der Waals surface area contributed by atoms with E-state index < -0.39 is 33.1 Å². The molecule has 0 aliphatic heterocycles. The van der Waals surface area contributed by atoms with Crippen LogP contribution >= 0.6 is 0 Å². The van der Waals surface area contributed by atoms with Gasteiger partial charge in [0.15, 0.2) is 0 Å². The minimum atomic E-state index is -4.37. The fraction of sp³-hybridized carbons (Fsp3) is 0.111. The third-order valence-corrected chi connectivity index (χ3v) is 2.69. The predicted octanol–water partition coefficient (Wildman–Crippen LogP) is -0.150. The maximum atomic E-state index is 10.7. The van der Waals surface area contributed by atoms with Gasteiger partial charge in [0.1, 0.15) is 5.75 Å². The molecule has 0 heterocycles. The minimum Gasteiger partial charge on any atom is -0.478 e. The monoisotopic (exact) mass is 276 g/mol. The van der Waals surface area contributed by atoms with Gasteiger partial charge in [-0.25, -0.2) is 9.59 Å². The van der Waals surface area contributed by atoms with E-state index in [4.69, 9.17) is 14.8 Å². The van der Waals surface area contributed by atoms with Crippen LogP contribution in [0.2, 0.25) is 0 Å². The van der Waals surface area contributed by atoms with Crippen molar-refractivity contribution < 1.29 is 37.5 Å². The molecule has 0 spiro atoms. The zero-order chi connectivity index (χ0) is 13.9. The SMILES string of the molecule is O=C(O)C(Oc1ccc(S(=O)(=O)O)cc1)C(=O)O. The largest absolute Gasteiger partial charge is 0.478 e. The van der Waals surface area contributed by atoms with Crippen molar-refractivity contribution >= 4 is 22.1 Å². The normalized spacial score (nSPS) is 11.2. The van der Waals surface area contributed by atoms with Gasteiger partial charge >= 0.3 is 11.9 Å². The van der Waals surface area contributed by atoms with E-state index in [0.717, 1.165) is 24.3 Å². The van der Waals surface area contributed by atoms with Crippen LogP contribution in [0.1, 0.15) is 0 Å². The highest BCUT2D eigenvalue weighted by Gasteiger charge is 2.27. The molecule has 0 unspecified atom stereocenters. The van der Waals surface area contributed by atoms with Gasteiger partial charge in [-0.15, -0.1) is 0 Å². The predicted molar refractivity (Wildman–Crippen MR) is 55.9 cm³/mol. The Hall–Kier alpha value is -2.13. The first-order chi connectivity index (χ1) is 8.21. The average molecular weight is 276 g/mol. The van der Waals surface area contributed by atoms with Crippen LogP contribution in [0.4, 0.5) is 0 Å². The van der Waals surface area contributed by atoms with Crippen LogP contribution in [-0.2, 0) is 19.7 Å². The van der Waals surface area contributed by atoms with E-state index in [-0.39, 0.29) is 5.75 Å². The Bertz CT molecular complexity index is 545. The van der Waals surface area contributed by atoms with Crippen LogP contribution in [0.25, 0.3) is 0 Å². The van der Waals surface area contributed by atoms with E-state index in [1.54, 1.807) is 0 Å². The van der Waals surface area contributed by atoms with E-state index in [9.17, 15) is 18.0 Å². The topological polar surface area (TPSA) is 138 Å². The summed E-state index contributed by atoms with van der Waals surface area (Å²) in [5, 5.41) is 17.1. The molecule has 98 valence electrons. The molecule has 0 atom stereocenters. The van der Waals surface area contributed by atoms with Crippen LogP contribution in [0.5, 0.6) is 5.75 Å². The lowest BCUT2D eigenvalue weighted by Gasteiger charge is -2.10. The molecule has 1 aromatic carbocycles. The molecule has 0 saturated heterocycles. The van der Waals surface area contributed by atoms with Crippen molar-refractivity contribution in [2.45, 2.75) is 11.0 Å². The summed E-state index contributed by atoms with van der Waals surface area (Å²) in [4.78, 5) is 20.6. The second kappa shape index (κ2) is 5.02. The molecule has 9 heteroatoms. The standard InChI is InChI=1S/C9H8O8S/c10-8(11)7(9(12)13)17-5-1-3-6(4-2-5)18(14,15)16/h1-4,7H,(H,10,11)(H,12,13)(H,14,15,16). The second-order valence-electron chi connectivity index (χ2n) is 3.12. The average Bonchev–Trinajstić information content (AvgIpc) is 2.24. The van der Waals surface area contributed by atoms with Crippen LogP contribution < -0.4 is 4.74 Å². The molecule has 0 fully saturated rings. The molecule has 0 aromatic heterocycles. The van der Waals surface area contributed by atoms with E-state index in [1.807, 2.05) is 0 Å². The Balaban J connectivity index is 2.93. The fourth-order valence-electron chi connectivity index (χ4n) is 1.03. The number of ether oxygens (including phenoxy) is 1. The summed E-state index contributed by atoms with van der Waals surface area (Å²) in [6.45, 7) is 0. The minimum absolute atomic E-state index is 0.155. The summed E-state index contributed by atoms with van der Waals surface area (Å²) in [6, 6.07) is 3.96. The third-order valence-electron chi connectivity index (χ3n) is 1.82. The lowest BCUT2D eigenvalue weighted by Crippen LogP contribution is -2.35. The summed E-state index contributed by atoms with van der Waals surface area (Å²) < 4.78 is 34.7. The van der Waals surface area contributed by atoms with Gasteiger partial charge in [0.2, 0.25) is 0 Å². The first-order valence-corrected chi connectivity index (χ1v) is 5.85. The van der Waals surface area contributed by atoms with E-state index in [1.165, 1.54) is 0 Å². The van der Waals surface area contributed by atoms with E-state index >= 15 is 0 Å². The highest BCUT2D eigenvalue weighted by Crippen LogP contribution is 2.17. The number of carbonyl (C=O) groups is 2. The van der Waals surface area contributed by atoms with Crippen LogP contribution in [0, 0.1) is 0 Å². The van der Waals surface area contributed by atoms with Gasteiger partial charge in [0.25, 0.3) is 16.2 Å². The summed E-state index contributed by atoms with van der Waals surface area (Å²) in [5.41, 5.74) is 0. The van der Waals surface area contributed by atoms with Crippen molar-refractivity contribution in [1.29, 1.82) is 0 Å². The number of carboxylic acid groups (broad SMARTS) is 2. The summed E-state index contributed by atoms with van der Waals surface area (Å²) >= 11 is 0. The van der Waals surface area contributed by atoms with Gasteiger partial charge in [-0.3, -0.25) is 4.55 Å². The molecule has 8 nitrogen and oxygen atoms in total. The molecular weight excluding hydrogens is 268 g/mol. The second-order valence-corrected chi connectivity index (χ2v) is 4.54. The third kappa shape index (κ3) is 3.43. The van der Waals surface area contributed by atoms with Gasteiger partial charge in [0, 0.05) is 0 Å². The van der Waals surface area contributed by atoms with Crippen molar-refractivity contribution in [3.05, 3.63) is 24.3 Å². The zero-order valence-corrected chi connectivity index (χ0v) is 9.49. The first kappa shape index (κ1) is 13.9. The van der Waals surface area contributed by atoms with Crippen molar-refractivity contribution in [2.24, 2.45) is 0 Å². The highest BCUT2D eigenvalue weighted by atomic mass is 32.2. The van der Waals surface area contributed by atoms with Crippen molar-refractivity contribution in [1.82, 2.24) is 0 Å². The molecule has 3 N–H and O–H groups in total. The number of benzene rings is 1. The lowest BCUT2D eigenvalue weighted by molar-refractivity contribution is -0.159. The van der Waals surface area contributed by atoms with Crippen molar-refractivity contribution in [2.75, 3.05) is 0 Å². The maximum absolute atomic E-state index is 10.7. The van der Waals surface area contributed by atoms with E-state index in [2.05, 4.69) is 4.74 Å². The van der Waals surface area contributed by atoms with Crippen LogP contribution in [0.3, 0.4) is 0 Å². The Labute approximate surface area is 101 Å². The number of carboxylic acids is 2. The maximum Gasteiger partial charge on any atom is 0.356 e. The molecule has 0 bridgehead atoms. The quantitative estimate of drug-likeness (QED) is 0.498. The summed E-state index contributed by atoms with van der Waals surface area (Å²) in [5.74, 6) is -3.54. The zero-order valence-electron chi connectivity index (χ0n) is 8.68. The van der Waals surface area contributed by atoms with Gasteiger partial charge in [-0.2, -0.15) is 8.42 Å². The Kier molecular flexibility index (Phi) is 3.89. The molecule has 1 aromatic rings. The number of rotatable bonds is 5. The van der Waals surface area contributed by atoms with E-state index in [0.29, 0.717) is 0 Å². The number of aliphatic carboxylic acids is 2. The Morgan fingerprint density at radius 2 is 1.50 bits per heavy atom. The van der Waals surface area contributed by atoms with Crippen molar-refractivity contribution in [3.63, 3.8) is 0 Å². The molecule has 0 radical (unpaired) electrons. The molecule has 0 aliphatic carbocycles. The Morgan fingerprint density at radius 1 is 1.06 bits per heavy atom. The lowest BCUT2D eigenvalue weighted by atomic mass is 10.3. The smallest absolute Gasteiger partial charge is 0.356 e. The molecule has 0 saturated carbocycles. The molecular formula is C9H8O8S. The molecule has 0 aliphatic rings. The number of hydrogen-bond donors (Lipinski definition) is 3. The van der Waals surface area contributed by atoms with Gasteiger partial charge in [0.05, 0.1) is 4.90 Å². The van der Waals surface area contributed by atoms with Gasteiger partial charge < -0.3 is 14.9 Å². The molecule has 1 rings (SSSR count). The van der Waals surface area contributed by atoms with Crippen LogP contribution in [0.15, 0.2) is 29.2 Å². The van der Waals surface area contributed by atoms with Gasteiger partial charge in [-0.1, -0.05) is 0 Å². The van der Waals surface area contributed by atoms with Crippen molar-refractivity contribution in [3.8, 4) is 5.75 Å². The van der Waals surface area contributed by atoms with Gasteiger partial charge in [-0.05, 0) is 24.3 Å². The summed E-state index contributed by atoms with van der Waals surface area (Å²) in [7, 11) is -4.37. The number of hydrogen-bond acceptors (Lipinski definition) is 5. The fourth-order valence-corrected chi connectivity index (χ4v) is 1.51. The molecule has 0 amide bonds.